The summed E-state index contributed by atoms with van der Waals surface area (Å²) in [6.07, 6.45) is 0.683. The van der Waals surface area contributed by atoms with Crippen LogP contribution in [0.5, 0.6) is 5.75 Å². The molecule has 0 fully saturated rings. The van der Waals surface area contributed by atoms with Gasteiger partial charge in [0.2, 0.25) is 10.0 Å². The van der Waals surface area contributed by atoms with Crippen molar-refractivity contribution >= 4 is 21.1 Å². The summed E-state index contributed by atoms with van der Waals surface area (Å²) >= 11 is 0. The summed E-state index contributed by atoms with van der Waals surface area (Å²) in [6.45, 7) is 2.63. The second kappa shape index (κ2) is 7.47. The van der Waals surface area contributed by atoms with E-state index in [4.69, 9.17) is 4.74 Å². The monoisotopic (exact) mass is 434 g/mol. The van der Waals surface area contributed by atoms with Crippen LogP contribution in [-0.2, 0) is 23.0 Å². The van der Waals surface area contributed by atoms with E-state index in [1.165, 1.54) is 21.8 Å². The lowest BCUT2D eigenvalue weighted by Gasteiger charge is -2.29. The summed E-state index contributed by atoms with van der Waals surface area (Å²) in [7, 11) is -2.32. The third-order valence-electron chi connectivity index (χ3n) is 5.60. The predicted molar refractivity (Wildman–Crippen MR) is 118 cm³/mol. The number of aryl methyl sites for hydroxylation is 1. The van der Waals surface area contributed by atoms with Gasteiger partial charge in [-0.05, 0) is 54.3 Å². The number of sulfonamides is 1. The summed E-state index contributed by atoms with van der Waals surface area (Å²) in [5.74, 6) is 0.241. The molecule has 158 valence electrons. The van der Waals surface area contributed by atoms with E-state index in [9.17, 15) is 8.42 Å². The number of fused-ring (bicyclic) bond motifs is 2. The van der Waals surface area contributed by atoms with E-state index in [1.54, 1.807) is 6.07 Å². The highest BCUT2D eigenvalue weighted by atomic mass is 32.2. The van der Waals surface area contributed by atoms with Gasteiger partial charge in [0.1, 0.15) is 21.6 Å². The first kappa shape index (κ1) is 19.7. The molecular formula is C23H22N4O3S. The SMILES string of the molecule is COc1c(-n2nc3ccccc3n2)cc(C)cc1S(=O)(=O)N1CCc2ccccc2C1. The lowest BCUT2D eigenvalue weighted by atomic mass is 10.0. The lowest BCUT2D eigenvalue weighted by Crippen LogP contribution is -2.36. The maximum absolute atomic E-state index is 13.7. The van der Waals surface area contributed by atoms with E-state index >= 15 is 0 Å². The van der Waals surface area contributed by atoms with Crippen LogP contribution >= 0.6 is 0 Å². The van der Waals surface area contributed by atoms with Gasteiger partial charge >= 0.3 is 0 Å². The number of ether oxygens (including phenoxy) is 1. The minimum Gasteiger partial charge on any atom is -0.493 e. The fourth-order valence-electron chi connectivity index (χ4n) is 4.05. The molecule has 0 saturated heterocycles. The Labute approximate surface area is 180 Å². The molecule has 0 N–H and O–H groups in total. The molecule has 0 saturated carbocycles. The third-order valence-corrected chi connectivity index (χ3v) is 7.45. The lowest BCUT2D eigenvalue weighted by molar-refractivity contribution is 0.376. The van der Waals surface area contributed by atoms with Gasteiger partial charge in [-0.15, -0.1) is 15.0 Å². The Morgan fingerprint density at radius 2 is 1.58 bits per heavy atom. The molecule has 0 unspecified atom stereocenters. The van der Waals surface area contributed by atoms with Crippen molar-refractivity contribution in [2.75, 3.05) is 13.7 Å². The van der Waals surface area contributed by atoms with Crippen molar-refractivity contribution in [3.05, 3.63) is 77.4 Å². The van der Waals surface area contributed by atoms with Crippen molar-refractivity contribution in [2.45, 2.75) is 24.8 Å². The zero-order chi connectivity index (χ0) is 21.6. The van der Waals surface area contributed by atoms with Crippen molar-refractivity contribution in [3.63, 3.8) is 0 Å². The Morgan fingerprint density at radius 1 is 0.935 bits per heavy atom. The van der Waals surface area contributed by atoms with Crippen LogP contribution in [0.2, 0.25) is 0 Å². The topological polar surface area (TPSA) is 77.3 Å². The van der Waals surface area contributed by atoms with Crippen LogP contribution in [0.15, 0.2) is 65.6 Å². The van der Waals surface area contributed by atoms with Crippen molar-refractivity contribution in [1.82, 2.24) is 19.3 Å². The first-order valence-corrected chi connectivity index (χ1v) is 11.5. The molecule has 0 aliphatic carbocycles. The molecule has 1 aliphatic heterocycles. The molecule has 4 aromatic rings. The Hall–Kier alpha value is -3.23. The van der Waals surface area contributed by atoms with Crippen LogP contribution in [0.1, 0.15) is 16.7 Å². The van der Waals surface area contributed by atoms with Gasteiger partial charge in [-0.1, -0.05) is 36.4 Å². The molecule has 7 nitrogen and oxygen atoms in total. The summed E-state index contributed by atoms with van der Waals surface area (Å²) in [6, 6.07) is 19.0. The third kappa shape index (κ3) is 3.37. The summed E-state index contributed by atoms with van der Waals surface area (Å²) in [5, 5.41) is 9.03. The molecule has 5 rings (SSSR count). The number of nitrogens with zero attached hydrogens (tertiary/aromatic N) is 4. The quantitative estimate of drug-likeness (QED) is 0.491. The molecule has 0 bridgehead atoms. The van der Waals surface area contributed by atoms with Crippen LogP contribution < -0.4 is 4.74 Å². The Balaban J connectivity index is 1.62. The highest BCUT2D eigenvalue weighted by Gasteiger charge is 2.32. The predicted octanol–water partition coefficient (Wildman–Crippen LogP) is 3.48. The largest absolute Gasteiger partial charge is 0.493 e. The van der Waals surface area contributed by atoms with E-state index in [-0.39, 0.29) is 10.6 Å². The van der Waals surface area contributed by atoms with Gasteiger partial charge < -0.3 is 4.74 Å². The molecule has 0 atom stereocenters. The van der Waals surface area contributed by atoms with E-state index in [1.807, 2.05) is 55.5 Å². The summed E-state index contributed by atoms with van der Waals surface area (Å²) < 4.78 is 34.5. The average molecular weight is 435 g/mol. The molecule has 1 aliphatic rings. The summed E-state index contributed by atoms with van der Waals surface area (Å²) in [4.78, 5) is 1.58. The highest BCUT2D eigenvalue weighted by Crippen LogP contribution is 2.35. The molecule has 31 heavy (non-hydrogen) atoms. The molecular weight excluding hydrogens is 412 g/mol. The number of rotatable bonds is 4. The normalized spacial score (nSPS) is 14.5. The second-order valence-corrected chi connectivity index (χ2v) is 9.56. The van der Waals surface area contributed by atoms with Crippen molar-refractivity contribution in [1.29, 1.82) is 0 Å². The van der Waals surface area contributed by atoms with Crippen LogP contribution in [0.25, 0.3) is 16.7 Å². The number of aromatic nitrogens is 3. The first-order valence-electron chi connectivity index (χ1n) is 10.1. The fraction of sp³-hybridized carbons (Fsp3) is 0.217. The van der Waals surface area contributed by atoms with Gasteiger partial charge in [0.25, 0.3) is 0 Å². The fourth-order valence-corrected chi connectivity index (χ4v) is 5.72. The molecule has 8 heteroatoms. The van der Waals surface area contributed by atoms with Gasteiger partial charge in [0.15, 0.2) is 5.75 Å². The van der Waals surface area contributed by atoms with Gasteiger partial charge in [0, 0.05) is 13.1 Å². The number of hydrogen-bond acceptors (Lipinski definition) is 5. The van der Waals surface area contributed by atoms with Crippen LogP contribution in [0.3, 0.4) is 0 Å². The molecule has 0 amide bonds. The van der Waals surface area contributed by atoms with Crippen LogP contribution in [0, 0.1) is 6.92 Å². The van der Waals surface area contributed by atoms with E-state index in [0.29, 0.717) is 25.2 Å². The Kier molecular flexibility index (Phi) is 4.75. The van der Waals surface area contributed by atoms with Crippen LogP contribution in [-0.4, -0.2) is 41.4 Å². The van der Waals surface area contributed by atoms with Crippen molar-refractivity contribution in [2.24, 2.45) is 0 Å². The van der Waals surface area contributed by atoms with Crippen LogP contribution in [0.4, 0.5) is 0 Å². The van der Waals surface area contributed by atoms with Gasteiger partial charge in [0.05, 0.1) is 7.11 Å². The second-order valence-electron chi connectivity index (χ2n) is 7.65. The number of hydrogen-bond donors (Lipinski definition) is 0. The smallest absolute Gasteiger partial charge is 0.247 e. The minimum absolute atomic E-state index is 0.130. The maximum atomic E-state index is 13.7. The molecule has 1 aromatic heterocycles. The standard InChI is InChI=1S/C23H22N4O3S/c1-16-13-21(27-24-19-9-5-6-10-20(19)25-27)23(30-2)22(14-16)31(28,29)26-12-11-17-7-3-4-8-18(17)15-26/h3-10,13-14H,11-12,15H2,1-2H3. The van der Waals surface area contributed by atoms with E-state index in [2.05, 4.69) is 16.3 Å². The first-order chi connectivity index (χ1) is 15.0. The molecule has 0 radical (unpaired) electrons. The minimum atomic E-state index is -3.79. The molecule has 3 aromatic carbocycles. The highest BCUT2D eigenvalue weighted by molar-refractivity contribution is 7.89. The zero-order valence-corrected chi connectivity index (χ0v) is 18.1. The number of methoxy groups -OCH3 is 1. The average Bonchev–Trinajstić information content (AvgIpc) is 3.22. The van der Waals surface area contributed by atoms with Crippen molar-refractivity contribution < 1.29 is 13.2 Å². The van der Waals surface area contributed by atoms with E-state index < -0.39 is 10.0 Å². The van der Waals surface area contributed by atoms with Gasteiger partial charge in [-0.3, -0.25) is 0 Å². The Bertz CT molecular complexity index is 1360. The number of benzene rings is 3. The van der Waals surface area contributed by atoms with Gasteiger partial charge in [-0.25, -0.2) is 8.42 Å². The zero-order valence-electron chi connectivity index (χ0n) is 17.3. The Morgan fingerprint density at radius 3 is 2.26 bits per heavy atom. The summed E-state index contributed by atoms with van der Waals surface area (Å²) in [5.41, 5.74) is 4.96. The van der Waals surface area contributed by atoms with Crippen molar-refractivity contribution in [3.8, 4) is 11.4 Å². The maximum Gasteiger partial charge on any atom is 0.247 e. The van der Waals surface area contributed by atoms with E-state index in [0.717, 1.165) is 22.2 Å². The molecule has 0 spiro atoms. The molecule has 2 heterocycles. The van der Waals surface area contributed by atoms with Gasteiger partial charge in [-0.2, -0.15) is 4.31 Å².